The van der Waals surface area contributed by atoms with E-state index < -0.39 is 0 Å². The van der Waals surface area contributed by atoms with Gasteiger partial charge < -0.3 is 4.90 Å². The molecule has 1 aliphatic heterocycles. The number of hydrogen-bond acceptors (Lipinski definition) is 4. The number of anilines is 1. The molecule has 26 heavy (non-hydrogen) atoms. The van der Waals surface area contributed by atoms with Crippen molar-refractivity contribution in [2.24, 2.45) is 5.41 Å². The Hall–Kier alpha value is -1.72. The minimum absolute atomic E-state index is 0.416. The standard InChI is InChI=1S/C20H23ClN4S/c1-14-17(26-16-7-5-4-6-15(16)21)18-22-10-13-25(18)19(23-14)24-11-8-20(2,3)9-12-24/h4-7,10,13H,8-9,11-12H2,1-3H3. The van der Waals surface area contributed by atoms with Gasteiger partial charge in [-0.25, -0.2) is 9.97 Å². The van der Waals surface area contributed by atoms with E-state index in [2.05, 4.69) is 35.1 Å². The van der Waals surface area contributed by atoms with E-state index in [1.54, 1.807) is 11.8 Å². The fourth-order valence-electron chi connectivity index (χ4n) is 3.34. The maximum Gasteiger partial charge on any atom is 0.211 e. The molecule has 0 N–H and O–H groups in total. The van der Waals surface area contributed by atoms with Crippen molar-refractivity contribution in [3.05, 3.63) is 47.4 Å². The number of benzene rings is 1. The van der Waals surface area contributed by atoms with Gasteiger partial charge in [-0.05, 0) is 37.3 Å². The van der Waals surface area contributed by atoms with E-state index in [1.807, 2.05) is 36.7 Å². The Labute approximate surface area is 163 Å². The van der Waals surface area contributed by atoms with Crippen molar-refractivity contribution in [2.45, 2.75) is 43.4 Å². The summed E-state index contributed by atoms with van der Waals surface area (Å²) >= 11 is 7.99. The zero-order valence-corrected chi connectivity index (χ0v) is 16.9. The zero-order chi connectivity index (χ0) is 18.3. The fraction of sp³-hybridized carbons (Fsp3) is 0.400. The minimum atomic E-state index is 0.416. The van der Waals surface area contributed by atoms with Crippen LogP contribution in [0.25, 0.3) is 5.65 Å². The van der Waals surface area contributed by atoms with Gasteiger partial charge in [-0.1, -0.05) is 49.3 Å². The summed E-state index contributed by atoms with van der Waals surface area (Å²) in [5, 5.41) is 0.754. The molecule has 0 amide bonds. The third-order valence-electron chi connectivity index (χ3n) is 5.10. The molecular formula is C20H23ClN4S. The van der Waals surface area contributed by atoms with Crippen LogP contribution >= 0.6 is 23.4 Å². The van der Waals surface area contributed by atoms with Crippen LogP contribution in [0.4, 0.5) is 5.95 Å². The predicted octanol–water partition coefficient (Wildman–Crippen LogP) is 5.47. The number of rotatable bonds is 3. The predicted molar refractivity (Wildman–Crippen MR) is 109 cm³/mol. The maximum atomic E-state index is 6.35. The molecule has 0 aliphatic carbocycles. The molecule has 3 heterocycles. The van der Waals surface area contributed by atoms with Crippen LogP contribution in [0, 0.1) is 12.3 Å². The lowest BCUT2D eigenvalue weighted by Crippen LogP contribution is -2.38. The monoisotopic (exact) mass is 386 g/mol. The first-order chi connectivity index (χ1) is 12.4. The summed E-state index contributed by atoms with van der Waals surface area (Å²) in [5.41, 5.74) is 2.36. The molecule has 1 saturated heterocycles. The summed E-state index contributed by atoms with van der Waals surface area (Å²) < 4.78 is 2.12. The van der Waals surface area contributed by atoms with Crippen molar-refractivity contribution >= 4 is 35.0 Å². The summed E-state index contributed by atoms with van der Waals surface area (Å²) in [6, 6.07) is 7.90. The number of aromatic nitrogens is 3. The average molecular weight is 387 g/mol. The Balaban J connectivity index is 1.73. The first-order valence-corrected chi connectivity index (χ1v) is 10.1. The molecule has 1 aromatic carbocycles. The Morgan fingerprint density at radius 2 is 1.88 bits per heavy atom. The Morgan fingerprint density at radius 1 is 1.15 bits per heavy atom. The summed E-state index contributed by atoms with van der Waals surface area (Å²) in [6.07, 6.45) is 6.22. The third-order valence-corrected chi connectivity index (χ3v) is 6.80. The summed E-state index contributed by atoms with van der Waals surface area (Å²) in [4.78, 5) is 14.0. The molecule has 1 fully saturated rings. The van der Waals surface area contributed by atoms with E-state index in [0.717, 1.165) is 45.2 Å². The molecule has 1 aliphatic rings. The van der Waals surface area contributed by atoms with Crippen LogP contribution in [0.2, 0.25) is 5.02 Å². The SMILES string of the molecule is Cc1nc(N2CCC(C)(C)CC2)n2ccnc2c1Sc1ccccc1Cl. The van der Waals surface area contributed by atoms with E-state index in [9.17, 15) is 0 Å². The molecule has 0 saturated carbocycles. The Morgan fingerprint density at radius 3 is 2.62 bits per heavy atom. The van der Waals surface area contributed by atoms with Crippen LogP contribution in [0.1, 0.15) is 32.4 Å². The van der Waals surface area contributed by atoms with Crippen molar-refractivity contribution in [3.63, 3.8) is 0 Å². The first kappa shape index (κ1) is 17.7. The van der Waals surface area contributed by atoms with Gasteiger partial charge in [-0.2, -0.15) is 0 Å². The Kier molecular flexibility index (Phi) is 4.61. The number of imidazole rings is 1. The second-order valence-corrected chi connectivity index (χ2v) is 9.09. The molecule has 0 bridgehead atoms. The highest BCUT2D eigenvalue weighted by molar-refractivity contribution is 7.99. The first-order valence-electron chi connectivity index (χ1n) is 8.96. The highest BCUT2D eigenvalue weighted by atomic mass is 35.5. The minimum Gasteiger partial charge on any atom is -0.342 e. The number of halogens is 1. The summed E-state index contributed by atoms with van der Waals surface area (Å²) in [6.45, 7) is 8.82. The van der Waals surface area contributed by atoms with Crippen LogP contribution in [-0.4, -0.2) is 27.5 Å². The van der Waals surface area contributed by atoms with E-state index in [-0.39, 0.29) is 0 Å². The van der Waals surface area contributed by atoms with Crippen molar-refractivity contribution in [2.75, 3.05) is 18.0 Å². The molecular weight excluding hydrogens is 364 g/mol. The highest BCUT2D eigenvalue weighted by Crippen LogP contribution is 2.38. The molecule has 2 aromatic heterocycles. The number of piperidine rings is 1. The molecule has 0 radical (unpaired) electrons. The number of aryl methyl sites for hydroxylation is 1. The van der Waals surface area contributed by atoms with Gasteiger partial charge in [0.1, 0.15) is 0 Å². The quantitative estimate of drug-likeness (QED) is 0.597. The van der Waals surface area contributed by atoms with Gasteiger partial charge in [-0.3, -0.25) is 4.40 Å². The van der Waals surface area contributed by atoms with E-state index >= 15 is 0 Å². The second kappa shape index (κ2) is 6.78. The molecule has 0 unspecified atom stereocenters. The lowest BCUT2D eigenvalue weighted by atomic mass is 9.83. The maximum absolute atomic E-state index is 6.35. The zero-order valence-electron chi connectivity index (χ0n) is 15.4. The smallest absolute Gasteiger partial charge is 0.211 e. The molecule has 3 aromatic rings. The van der Waals surface area contributed by atoms with Crippen molar-refractivity contribution in [3.8, 4) is 0 Å². The van der Waals surface area contributed by atoms with Crippen molar-refractivity contribution in [1.29, 1.82) is 0 Å². The second-order valence-electron chi connectivity index (χ2n) is 7.63. The van der Waals surface area contributed by atoms with Crippen molar-refractivity contribution < 1.29 is 0 Å². The topological polar surface area (TPSA) is 33.4 Å². The van der Waals surface area contributed by atoms with Crippen LogP contribution in [-0.2, 0) is 0 Å². The number of nitrogens with zero attached hydrogens (tertiary/aromatic N) is 4. The largest absolute Gasteiger partial charge is 0.342 e. The van der Waals surface area contributed by atoms with Crippen LogP contribution < -0.4 is 4.90 Å². The van der Waals surface area contributed by atoms with Gasteiger partial charge in [0.25, 0.3) is 0 Å². The van der Waals surface area contributed by atoms with Crippen LogP contribution in [0.15, 0.2) is 46.5 Å². The number of hydrogen-bond donors (Lipinski definition) is 0. The van der Waals surface area contributed by atoms with Crippen LogP contribution in [0.3, 0.4) is 0 Å². The number of fused-ring (bicyclic) bond motifs is 1. The molecule has 4 nitrogen and oxygen atoms in total. The van der Waals surface area contributed by atoms with Gasteiger partial charge >= 0.3 is 0 Å². The average Bonchev–Trinajstić information content (AvgIpc) is 3.08. The lowest BCUT2D eigenvalue weighted by molar-refractivity contribution is 0.278. The van der Waals surface area contributed by atoms with Crippen molar-refractivity contribution in [1.82, 2.24) is 14.4 Å². The fourth-order valence-corrected chi connectivity index (χ4v) is 4.56. The van der Waals surface area contributed by atoms with Gasteiger partial charge in [-0.15, -0.1) is 0 Å². The highest BCUT2D eigenvalue weighted by Gasteiger charge is 2.28. The van der Waals surface area contributed by atoms with Crippen LogP contribution in [0.5, 0.6) is 0 Å². The molecule has 0 atom stereocenters. The van der Waals surface area contributed by atoms with Gasteiger partial charge in [0, 0.05) is 30.4 Å². The van der Waals surface area contributed by atoms with Gasteiger partial charge in [0.2, 0.25) is 5.95 Å². The summed E-state index contributed by atoms with van der Waals surface area (Å²) in [5.74, 6) is 0.994. The lowest BCUT2D eigenvalue weighted by Gasteiger charge is -2.37. The van der Waals surface area contributed by atoms with Gasteiger partial charge in [0.05, 0.1) is 15.6 Å². The normalized spacial score (nSPS) is 17.0. The summed E-state index contributed by atoms with van der Waals surface area (Å²) in [7, 11) is 0. The molecule has 136 valence electrons. The van der Waals surface area contributed by atoms with E-state index in [4.69, 9.17) is 16.6 Å². The molecule has 4 rings (SSSR count). The van der Waals surface area contributed by atoms with Gasteiger partial charge in [0.15, 0.2) is 5.65 Å². The molecule has 0 spiro atoms. The van der Waals surface area contributed by atoms with E-state index in [1.165, 1.54) is 12.8 Å². The van der Waals surface area contributed by atoms with E-state index in [0.29, 0.717) is 5.41 Å². The molecule has 6 heteroatoms. The Bertz CT molecular complexity index is 940. The third kappa shape index (κ3) is 3.30.